The largest absolute Gasteiger partial charge is 0.375 e. The third kappa shape index (κ3) is 1.10. The van der Waals surface area contributed by atoms with E-state index >= 15 is 0 Å². The molecule has 2 heterocycles. The molecule has 2 N–H and O–H groups in total. The summed E-state index contributed by atoms with van der Waals surface area (Å²) < 4.78 is 1.87. The normalized spacial score (nSPS) is 10.2. The number of rotatable bonds is 1. The first kappa shape index (κ1) is 6.36. The van der Waals surface area contributed by atoms with Crippen molar-refractivity contribution in [1.82, 2.24) is 14.5 Å². The maximum absolute atomic E-state index is 5.46. The Morgan fingerprint density at radius 1 is 1.55 bits per heavy atom. The fourth-order valence-corrected chi connectivity index (χ4v) is 1.43. The first-order valence-corrected chi connectivity index (χ1v) is 3.87. The zero-order chi connectivity index (χ0) is 7.68. The molecule has 2 rings (SSSR count). The van der Waals surface area contributed by atoms with Crippen molar-refractivity contribution in [2.75, 3.05) is 5.73 Å². The van der Waals surface area contributed by atoms with Crippen LogP contribution in [0.3, 0.4) is 0 Å². The van der Waals surface area contributed by atoms with Crippen LogP contribution >= 0.6 is 11.3 Å². The van der Waals surface area contributed by atoms with E-state index in [-0.39, 0.29) is 0 Å². The molecule has 0 unspecified atom stereocenters. The van der Waals surface area contributed by atoms with Crippen LogP contribution in [0.25, 0.3) is 5.00 Å². The number of nitrogens with zero attached hydrogens (tertiary/aromatic N) is 3. The Kier molecular flexibility index (Phi) is 1.36. The van der Waals surface area contributed by atoms with E-state index in [4.69, 9.17) is 5.73 Å². The van der Waals surface area contributed by atoms with Crippen LogP contribution in [0.5, 0.6) is 0 Å². The molecule has 11 heavy (non-hydrogen) atoms. The Hall–Kier alpha value is -1.36. The van der Waals surface area contributed by atoms with Crippen LogP contribution < -0.4 is 5.73 Å². The van der Waals surface area contributed by atoms with Gasteiger partial charge in [-0.15, -0.1) is 0 Å². The molecule has 2 aromatic rings. The third-order valence-electron chi connectivity index (χ3n) is 1.27. The maximum Gasteiger partial charge on any atom is 0.181 e. The van der Waals surface area contributed by atoms with Gasteiger partial charge in [0, 0.05) is 12.4 Å². The number of nitrogens with two attached hydrogens (primary N) is 1. The van der Waals surface area contributed by atoms with E-state index in [9.17, 15) is 0 Å². The second kappa shape index (κ2) is 2.35. The minimum absolute atomic E-state index is 0.578. The molecule has 0 bridgehead atoms. The van der Waals surface area contributed by atoms with Gasteiger partial charge in [-0.25, -0.2) is 9.97 Å². The molecule has 0 atom stereocenters. The van der Waals surface area contributed by atoms with E-state index in [1.807, 2.05) is 10.8 Å². The molecule has 0 aliphatic carbocycles. The molecule has 0 fully saturated rings. The molecule has 0 spiro atoms. The van der Waals surface area contributed by atoms with Crippen LogP contribution in [0.1, 0.15) is 0 Å². The van der Waals surface area contributed by atoms with Crippen molar-refractivity contribution in [3.8, 4) is 5.00 Å². The van der Waals surface area contributed by atoms with Gasteiger partial charge in [-0.3, -0.25) is 4.57 Å². The predicted molar refractivity (Wildman–Crippen MR) is 43.6 cm³/mol. The lowest BCUT2D eigenvalue weighted by Gasteiger charge is -1.91. The third-order valence-corrected chi connectivity index (χ3v) is 2.11. The highest BCUT2D eigenvalue weighted by Gasteiger charge is 1.98. The van der Waals surface area contributed by atoms with Gasteiger partial charge in [-0.05, 0) is 0 Å². The van der Waals surface area contributed by atoms with Crippen molar-refractivity contribution in [3.63, 3.8) is 0 Å². The van der Waals surface area contributed by atoms with Gasteiger partial charge in [0.25, 0.3) is 0 Å². The molecule has 5 heteroatoms. The minimum atomic E-state index is 0.578. The van der Waals surface area contributed by atoms with Crippen molar-refractivity contribution >= 4 is 16.5 Å². The lowest BCUT2D eigenvalue weighted by Crippen LogP contribution is -1.82. The van der Waals surface area contributed by atoms with Gasteiger partial charge in [0.05, 0.1) is 12.5 Å². The van der Waals surface area contributed by atoms with Gasteiger partial charge >= 0.3 is 0 Å². The molecule has 56 valence electrons. The Morgan fingerprint density at radius 3 is 3.00 bits per heavy atom. The Morgan fingerprint density at radius 2 is 2.45 bits per heavy atom. The first-order valence-electron chi connectivity index (χ1n) is 3.06. The number of imidazole rings is 1. The van der Waals surface area contributed by atoms with Crippen LogP contribution in [-0.2, 0) is 0 Å². The first-order chi connectivity index (χ1) is 5.36. The highest BCUT2D eigenvalue weighted by atomic mass is 32.1. The van der Waals surface area contributed by atoms with Gasteiger partial charge in [0.1, 0.15) is 5.00 Å². The van der Waals surface area contributed by atoms with E-state index in [0.29, 0.717) is 5.13 Å². The van der Waals surface area contributed by atoms with Crippen molar-refractivity contribution in [2.45, 2.75) is 0 Å². The molecular weight excluding hydrogens is 160 g/mol. The van der Waals surface area contributed by atoms with E-state index in [1.54, 1.807) is 18.7 Å². The monoisotopic (exact) mass is 166 g/mol. The molecular formula is C6H6N4S. The molecule has 0 amide bonds. The standard InChI is InChI=1S/C6H6N4S/c7-6-9-3-5(11-6)10-2-1-8-4-10/h1-4H,(H2,7,9). The topological polar surface area (TPSA) is 56.7 Å². The zero-order valence-corrected chi connectivity index (χ0v) is 6.45. The van der Waals surface area contributed by atoms with E-state index in [0.717, 1.165) is 5.00 Å². The van der Waals surface area contributed by atoms with Crippen molar-refractivity contribution in [3.05, 3.63) is 24.9 Å². The average molecular weight is 166 g/mol. The van der Waals surface area contributed by atoms with Gasteiger partial charge in [0.2, 0.25) is 0 Å². The average Bonchev–Trinajstić information content (AvgIpc) is 2.55. The second-order valence-electron chi connectivity index (χ2n) is 2.01. The van der Waals surface area contributed by atoms with Crippen LogP contribution in [-0.4, -0.2) is 14.5 Å². The lowest BCUT2D eigenvalue weighted by atomic mass is 10.8. The van der Waals surface area contributed by atoms with Crippen molar-refractivity contribution < 1.29 is 0 Å². The number of nitrogen functional groups attached to an aromatic ring is 1. The van der Waals surface area contributed by atoms with Gasteiger partial charge in [-0.1, -0.05) is 11.3 Å². The van der Waals surface area contributed by atoms with Gasteiger partial charge in [0.15, 0.2) is 5.13 Å². The fourth-order valence-electron chi connectivity index (χ4n) is 0.788. The Labute approximate surface area is 67.3 Å². The molecule has 2 aromatic heterocycles. The minimum Gasteiger partial charge on any atom is -0.375 e. The molecule has 4 nitrogen and oxygen atoms in total. The zero-order valence-electron chi connectivity index (χ0n) is 5.64. The summed E-state index contributed by atoms with van der Waals surface area (Å²) in [4.78, 5) is 7.83. The predicted octanol–water partition coefficient (Wildman–Crippen LogP) is 0.911. The molecule has 0 radical (unpaired) electrons. The summed E-state index contributed by atoms with van der Waals surface area (Å²) in [5.74, 6) is 0. The summed E-state index contributed by atoms with van der Waals surface area (Å²) in [7, 11) is 0. The highest BCUT2D eigenvalue weighted by Crippen LogP contribution is 2.18. The van der Waals surface area contributed by atoms with E-state index in [1.165, 1.54) is 11.3 Å². The summed E-state index contributed by atoms with van der Waals surface area (Å²) >= 11 is 1.44. The molecule has 0 aromatic carbocycles. The fraction of sp³-hybridized carbons (Fsp3) is 0. The molecule has 0 saturated heterocycles. The second-order valence-corrected chi connectivity index (χ2v) is 3.05. The van der Waals surface area contributed by atoms with Crippen molar-refractivity contribution in [2.24, 2.45) is 0 Å². The summed E-state index contributed by atoms with van der Waals surface area (Å²) in [6, 6.07) is 0. The SMILES string of the molecule is Nc1ncc(-n2ccnc2)s1. The van der Waals surface area contributed by atoms with Crippen LogP contribution in [0.4, 0.5) is 5.13 Å². The van der Waals surface area contributed by atoms with Gasteiger partial charge in [-0.2, -0.15) is 0 Å². The lowest BCUT2D eigenvalue weighted by molar-refractivity contribution is 1.08. The van der Waals surface area contributed by atoms with Crippen LogP contribution in [0.15, 0.2) is 24.9 Å². The maximum atomic E-state index is 5.46. The Bertz CT molecular complexity index is 337. The number of anilines is 1. The Balaban J connectivity index is 2.45. The number of hydrogen-bond donors (Lipinski definition) is 1. The molecule has 0 aliphatic heterocycles. The summed E-state index contributed by atoms with van der Waals surface area (Å²) in [6.45, 7) is 0. The molecule has 0 saturated carbocycles. The van der Waals surface area contributed by atoms with E-state index in [2.05, 4.69) is 9.97 Å². The van der Waals surface area contributed by atoms with Crippen LogP contribution in [0, 0.1) is 0 Å². The quantitative estimate of drug-likeness (QED) is 0.685. The highest BCUT2D eigenvalue weighted by molar-refractivity contribution is 7.17. The summed E-state index contributed by atoms with van der Waals surface area (Å²) in [5, 5.41) is 1.56. The number of hydrogen-bond acceptors (Lipinski definition) is 4. The van der Waals surface area contributed by atoms with Gasteiger partial charge < -0.3 is 5.73 Å². The van der Waals surface area contributed by atoms with Crippen molar-refractivity contribution in [1.29, 1.82) is 0 Å². The van der Waals surface area contributed by atoms with Crippen LogP contribution in [0.2, 0.25) is 0 Å². The summed E-state index contributed by atoms with van der Waals surface area (Å²) in [6.07, 6.45) is 7.01. The van der Waals surface area contributed by atoms with E-state index < -0.39 is 0 Å². The smallest absolute Gasteiger partial charge is 0.181 e. The molecule has 0 aliphatic rings. The number of thiazole rings is 1. The summed E-state index contributed by atoms with van der Waals surface area (Å²) in [5.41, 5.74) is 5.46. The number of aromatic nitrogens is 3.